The molecule has 1 aliphatic heterocycles. The van der Waals surface area contributed by atoms with Gasteiger partial charge in [-0.05, 0) is 18.6 Å². The van der Waals surface area contributed by atoms with Crippen molar-refractivity contribution >= 4 is 22.9 Å². The molecule has 1 heterocycles. The first-order valence-electron chi connectivity index (χ1n) is 6.14. The Labute approximate surface area is 111 Å². The first kappa shape index (κ1) is 11.5. The normalized spacial score (nSPS) is 15.9. The summed E-state index contributed by atoms with van der Waals surface area (Å²) in [4.78, 5) is 12.1. The van der Waals surface area contributed by atoms with Crippen LogP contribution in [0.2, 0.25) is 0 Å². The minimum Gasteiger partial charge on any atom is -0.398 e. The first-order valence-corrected chi connectivity index (χ1v) is 6.14. The molecule has 3 N–H and O–H groups in total. The van der Waals surface area contributed by atoms with Crippen molar-refractivity contribution in [3.05, 3.63) is 65.2 Å². The Balaban J connectivity index is 2.17. The van der Waals surface area contributed by atoms with Crippen LogP contribution >= 0.6 is 0 Å². The number of nitrogens with one attached hydrogen (secondary N) is 1. The summed E-state index contributed by atoms with van der Waals surface area (Å²) >= 11 is 0. The standard InChI is InChI=1S/C16H14N2O/c1-10-6-8-11(9-7-10)15(17)14-12-4-2-3-5-13(12)18-16(14)19/h2-9H,17H2,1H3,(H,18,19)/b15-14-. The largest absolute Gasteiger partial charge is 0.398 e. The highest BCUT2D eigenvalue weighted by Crippen LogP contribution is 2.34. The lowest BCUT2D eigenvalue weighted by Crippen LogP contribution is -2.09. The third-order valence-electron chi connectivity index (χ3n) is 3.30. The zero-order valence-electron chi connectivity index (χ0n) is 10.6. The molecule has 2 aromatic carbocycles. The number of fused-ring (bicyclic) bond motifs is 1. The van der Waals surface area contributed by atoms with Crippen molar-refractivity contribution in [3.8, 4) is 0 Å². The molecule has 94 valence electrons. The fourth-order valence-corrected chi connectivity index (χ4v) is 2.26. The van der Waals surface area contributed by atoms with Gasteiger partial charge in [0.25, 0.3) is 5.91 Å². The van der Waals surface area contributed by atoms with Gasteiger partial charge >= 0.3 is 0 Å². The maximum absolute atomic E-state index is 12.1. The highest BCUT2D eigenvalue weighted by molar-refractivity contribution is 6.36. The number of benzene rings is 2. The van der Waals surface area contributed by atoms with Crippen LogP contribution in [0.25, 0.3) is 11.3 Å². The number of para-hydroxylation sites is 1. The number of amides is 1. The second-order valence-electron chi connectivity index (χ2n) is 4.65. The highest BCUT2D eigenvalue weighted by atomic mass is 16.2. The lowest BCUT2D eigenvalue weighted by Gasteiger charge is -2.06. The van der Waals surface area contributed by atoms with Gasteiger partial charge in [-0.15, -0.1) is 0 Å². The van der Waals surface area contributed by atoms with Gasteiger partial charge in [-0.25, -0.2) is 0 Å². The summed E-state index contributed by atoms with van der Waals surface area (Å²) in [6, 6.07) is 15.4. The van der Waals surface area contributed by atoms with Crippen molar-refractivity contribution in [3.63, 3.8) is 0 Å². The fraction of sp³-hybridized carbons (Fsp3) is 0.0625. The molecule has 1 amide bonds. The van der Waals surface area contributed by atoms with Gasteiger partial charge in [0, 0.05) is 11.3 Å². The average molecular weight is 250 g/mol. The Morgan fingerprint density at radius 2 is 1.74 bits per heavy atom. The molecule has 3 heteroatoms. The molecule has 0 radical (unpaired) electrons. The molecule has 3 rings (SSSR count). The summed E-state index contributed by atoms with van der Waals surface area (Å²) in [5, 5.41) is 2.83. The smallest absolute Gasteiger partial charge is 0.258 e. The molecule has 0 spiro atoms. The molecule has 0 fully saturated rings. The maximum atomic E-state index is 12.1. The summed E-state index contributed by atoms with van der Waals surface area (Å²) < 4.78 is 0. The molecule has 3 nitrogen and oxygen atoms in total. The van der Waals surface area contributed by atoms with Crippen LogP contribution in [0.1, 0.15) is 16.7 Å². The van der Waals surface area contributed by atoms with Gasteiger partial charge in [0.05, 0.1) is 11.3 Å². The van der Waals surface area contributed by atoms with Crippen molar-refractivity contribution in [2.24, 2.45) is 5.73 Å². The van der Waals surface area contributed by atoms with Crippen molar-refractivity contribution in [2.75, 3.05) is 5.32 Å². The summed E-state index contributed by atoms with van der Waals surface area (Å²) in [5.74, 6) is -0.140. The van der Waals surface area contributed by atoms with Crippen molar-refractivity contribution < 1.29 is 4.79 Å². The van der Waals surface area contributed by atoms with Crippen LogP contribution in [0.5, 0.6) is 0 Å². The van der Waals surface area contributed by atoms with E-state index < -0.39 is 0 Å². The van der Waals surface area contributed by atoms with Crippen LogP contribution in [0.3, 0.4) is 0 Å². The van der Waals surface area contributed by atoms with Crippen LogP contribution in [0, 0.1) is 6.92 Å². The number of anilines is 1. The predicted molar refractivity (Wildman–Crippen MR) is 77.3 cm³/mol. The van der Waals surface area contributed by atoms with Gasteiger partial charge in [-0.1, -0.05) is 48.0 Å². The monoisotopic (exact) mass is 250 g/mol. The van der Waals surface area contributed by atoms with Gasteiger partial charge in [0.1, 0.15) is 0 Å². The van der Waals surface area contributed by atoms with Gasteiger partial charge in [-0.2, -0.15) is 0 Å². The summed E-state index contributed by atoms with van der Waals surface area (Å²) in [6.07, 6.45) is 0. The molecule has 0 atom stereocenters. The third-order valence-corrected chi connectivity index (χ3v) is 3.30. The lowest BCUT2D eigenvalue weighted by atomic mass is 10.0. The van der Waals surface area contributed by atoms with Crippen LogP contribution < -0.4 is 11.1 Å². The zero-order valence-corrected chi connectivity index (χ0v) is 10.6. The van der Waals surface area contributed by atoms with Gasteiger partial charge < -0.3 is 11.1 Å². The Morgan fingerprint density at radius 3 is 2.47 bits per heavy atom. The first-order chi connectivity index (χ1) is 9.16. The van der Waals surface area contributed by atoms with Crippen molar-refractivity contribution in [1.82, 2.24) is 0 Å². The van der Waals surface area contributed by atoms with Gasteiger partial charge in [0.2, 0.25) is 0 Å². The number of carbonyl (C=O) groups is 1. The van der Waals surface area contributed by atoms with E-state index >= 15 is 0 Å². The van der Waals surface area contributed by atoms with E-state index in [9.17, 15) is 4.79 Å². The number of rotatable bonds is 1. The summed E-state index contributed by atoms with van der Waals surface area (Å²) in [5.41, 5.74) is 11.0. The van der Waals surface area contributed by atoms with E-state index in [1.807, 2.05) is 55.5 Å². The third kappa shape index (κ3) is 1.89. The van der Waals surface area contributed by atoms with Crippen molar-refractivity contribution in [1.29, 1.82) is 0 Å². The molecule has 0 saturated carbocycles. The molecule has 0 unspecified atom stereocenters. The van der Waals surface area contributed by atoms with Crippen LogP contribution in [0.15, 0.2) is 48.5 Å². The Morgan fingerprint density at radius 1 is 1.05 bits per heavy atom. The minimum absolute atomic E-state index is 0.140. The van der Waals surface area contributed by atoms with E-state index in [2.05, 4.69) is 5.32 Å². The molecular weight excluding hydrogens is 236 g/mol. The van der Waals surface area contributed by atoms with Crippen LogP contribution in [-0.4, -0.2) is 5.91 Å². The van der Waals surface area contributed by atoms with E-state index in [-0.39, 0.29) is 5.91 Å². The molecule has 0 aromatic heterocycles. The van der Waals surface area contributed by atoms with Gasteiger partial charge in [-0.3, -0.25) is 4.79 Å². The maximum Gasteiger partial charge on any atom is 0.258 e. The lowest BCUT2D eigenvalue weighted by molar-refractivity contribution is -0.110. The van der Waals surface area contributed by atoms with E-state index in [1.165, 1.54) is 0 Å². The SMILES string of the molecule is Cc1ccc(/C(N)=C2/C(=O)Nc3ccccc32)cc1. The fourth-order valence-electron chi connectivity index (χ4n) is 2.26. The molecule has 0 saturated heterocycles. The highest BCUT2D eigenvalue weighted by Gasteiger charge is 2.26. The van der Waals surface area contributed by atoms with E-state index in [0.717, 1.165) is 22.4 Å². The van der Waals surface area contributed by atoms with E-state index in [4.69, 9.17) is 5.73 Å². The number of hydrogen-bond donors (Lipinski definition) is 2. The Kier molecular flexibility index (Phi) is 2.60. The minimum atomic E-state index is -0.140. The van der Waals surface area contributed by atoms with E-state index in [1.54, 1.807) is 0 Å². The number of nitrogens with two attached hydrogens (primary N) is 1. The van der Waals surface area contributed by atoms with Crippen LogP contribution in [-0.2, 0) is 4.79 Å². The second kappa shape index (κ2) is 4.28. The zero-order chi connectivity index (χ0) is 13.4. The molecule has 0 bridgehead atoms. The predicted octanol–water partition coefficient (Wildman–Crippen LogP) is 2.77. The molecule has 1 aliphatic rings. The van der Waals surface area contributed by atoms with E-state index in [0.29, 0.717) is 11.3 Å². The quantitative estimate of drug-likeness (QED) is 0.765. The average Bonchev–Trinajstić information content (AvgIpc) is 2.74. The molecular formula is C16H14N2O. The topological polar surface area (TPSA) is 55.1 Å². The molecule has 2 aromatic rings. The Hall–Kier alpha value is -2.55. The summed E-state index contributed by atoms with van der Waals surface area (Å²) in [6.45, 7) is 2.02. The second-order valence-corrected chi connectivity index (χ2v) is 4.65. The summed E-state index contributed by atoms with van der Waals surface area (Å²) in [7, 11) is 0. The Bertz CT molecular complexity index is 684. The van der Waals surface area contributed by atoms with Crippen molar-refractivity contribution in [2.45, 2.75) is 6.92 Å². The van der Waals surface area contributed by atoms with Crippen LogP contribution in [0.4, 0.5) is 5.69 Å². The molecule has 0 aliphatic carbocycles. The number of carbonyl (C=O) groups excluding carboxylic acids is 1. The molecule has 19 heavy (non-hydrogen) atoms. The van der Waals surface area contributed by atoms with Gasteiger partial charge in [0.15, 0.2) is 0 Å². The number of aryl methyl sites for hydroxylation is 1. The number of hydrogen-bond acceptors (Lipinski definition) is 2.